The lowest BCUT2D eigenvalue weighted by molar-refractivity contribution is 0.0398. The molecule has 0 radical (unpaired) electrons. The Balaban J connectivity index is 1.69. The van der Waals surface area contributed by atoms with Gasteiger partial charge in [0.2, 0.25) is 0 Å². The number of nitrogens with two attached hydrogens (primary N) is 1. The van der Waals surface area contributed by atoms with E-state index < -0.39 is 0 Å². The van der Waals surface area contributed by atoms with E-state index >= 15 is 0 Å². The zero-order valence-electron chi connectivity index (χ0n) is 9.22. The van der Waals surface area contributed by atoms with Crippen LogP contribution in [0.15, 0.2) is 12.1 Å². The van der Waals surface area contributed by atoms with Gasteiger partial charge in [0, 0.05) is 26.2 Å². The molecule has 0 atom stereocenters. The Labute approximate surface area is 94.8 Å². The summed E-state index contributed by atoms with van der Waals surface area (Å²) in [5, 5.41) is 10.9. The topological polar surface area (TPSA) is 76.3 Å². The molecule has 0 bridgehead atoms. The van der Waals surface area contributed by atoms with Crippen LogP contribution >= 0.6 is 0 Å². The zero-order valence-corrected chi connectivity index (χ0v) is 9.22. The van der Waals surface area contributed by atoms with Crippen LogP contribution in [0.3, 0.4) is 0 Å². The summed E-state index contributed by atoms with van der Waals surface area (Å²) in [7, 11) is 0. The first-order valence-corrected chi connectivity index (χ1v) is 5.48. The second kappa shape index (κ2) is 5.62. The molecule has 1 aliphatic heterocycles. The van der Waals surface area contributed by atoms with Crippen molar-refractivity contribution in [3.8, 4) is 0 Å². The Hall–Kier alpha value is -1.40. The lowest BCUT2D eigenvalue weighted by atomic mass is 10.4. The molecule has 6 heteroatoms. The van der Waals surface area contributed by atoms with Crippen LogP contribution in [0.25, 0.3) is 0 Å². The van der Waals surface area contributed by atoms with Gasteiger partial charge in [-0.25, -0.2) is 0 Å². The van der Waals surface area contributed by atoms with Crippen LogP contribution in [0.2, 0.25) is 0 Å². The minimum absolute atomic E-state index is 0.443. The van der Waals surface area contributed by atoms with Gasteiger partial charge in [-0.1, -0.05) is 0 Å². The number of rotatable bonds is 4. The average molecular weight is 223 g/mol. The first-order chi connectivity index (χ1) is 7.84. The van der Waals surface area contributed by atoms with Crippen LogP contribution in [-0.2, 0) is 4.74 Å². The quantitative estimate of drug-likeness (QED) is 0.736. The van der Waals surface area contributed by atoms with Gasteiger partial charge < -0.3 is 15.8 Å². The molecule has 1 fully saturated rings. The van der Waals surface area contributed by atoms with E-state index in [2.05, 4.69) is 20.4 Å². The molecule has 0 saturated carbocycles. The molecule has 1 saturated heterocycles. The van der Waals surface area contributed by atoms with E-state index in [1.165, 1.54) is 0 Å². The van der Waals surface area contributed by atoms with Gasteiger partial charge in [0.1, 0.15) is 11.6 Å². The molecule has 1 aliphatic rings. The zero-order chi connectivity index (χ0) is 11.2. The molecule has 6 nitrogen and oxygen atoms in total. The summed E-state index contributed by atoms with van der Waals surface area (Å²) in [6.07, 6.45) is 0. The van der Waals surface area contributed by atoms with E-state index in [9.17, 15) is 0 Å². The Bertz CT molecular complexity index is 309. The summed E-state index contributed by atoms with van der Waals surface area (Å²) < 4.78 is 5.28. The molecule has 2 rings (SSSR count). The lowest BCUT2D eigenvalue weighted by Gasteiger charge is -2.26. The van der Waals surface area contributed by atoms with E-state index in [0.717, 1.165) is 45.2 Å². The van der Waals surface area contributed by atoms with Gasteiger partial charge in [-0.3, -0.25) is 4.90 Å². The van der Waals surface area contributed by atoms with Crippen molar-refractivity contribution in [2.75, 3.05) is 50.4 Å². The third-order valence-electron chi connectivity index (χ3n) is 2.52. The summed E-state index contributed by atoms with van der Waals surface area (Å²) in [5.41, 5.74) is 5.45. The fraction of sp³-hybridized carbons (Fsp3) is 0.600. The molecule has 0 amide bonds. The average Bonchev–Trinajstić information content (AvgIpc) is 2.33. The number of nitrogens with one attached hydrogen (secondary N) is 1. The minimum Gasteiger partial charge on any atom is -0.382 e. The largest absolute Gasteiger partial charge is 0.382 e. The van der Waals surface area contributed by atoms with Gasteiger partial charge >= 0.3 is 0 Å². The highest BCUT2D eigenvalue weighted by molar-refractivity contribution is 5.38. The second-order valence-electron chi connectivity index (χ2n) is 3.72. The molecule has 1 aromatic heterocycles. The van der Waals surface area contributed by atoms with Gasteiger partial charge in [-0.05, 0) is 12.1 Å². The number of nitrogen functional groups attached to an aromatic ring is 1. The highest BCUT2D eigenvalue weighted by Crippen LogP contribution is 2.02. The van der Waals surface area contributed by atoms with Gasteiger partial charge in [-0.15, -0.1) is 10.2 Å². The molecule has 16 heavy (non-hydrogen) atoms. The first kappa shape index (κ1) is 11.1. The Morgan fingerprint density at radius 1 is 1.31 bits per heavy atom. The normalized spacial score (nSPS) is 17.2. The highest BCUT2D eigenvalue weighted by Gasteiger charge is 2.09. The third-order valence-corrected chi connectivity index (χ3v) is 2.52. The van der Waals surface area contributed by atoms with E-state index in [1.54, 1.807) is 6.07 Å². The maximum absolute atomic E-state index is 5.45. The summed E-state index contributed by atoms with van der Waals surface area (Å²) in [5.74, 6) is 1.21. The summed E-state index contributed by atoms with van der Waals surface area (Å²) in [6, 6.07) is 3.58. The molecular formula is C10H17N5O. The van der Waals surface area contributed by atoms with Gasteiger partial charge in [-0.2, -0.15) is 0 Å². The number of morpholine rings is 1. The molecule has 0 aliphatic carbocycles. The Kier molecular flexibility index (Phi) is 3.90. The SMILES string of the molecule is Nc1ccc(NCCN2CCOCC2)nn1. The van der Waals surface area contributed by atoms with Crippen LogP contribution in [0.4, 0.5) is 11.6 Å². The van der Waals surface area contributed by atoms with E-state index in [-0.39, 0.29) is 0 Å². The molecule has 1 aromatic rings. The monoisotopic (exact) mass is 223 g/mol. The van der Waals surface area contributed by atoms with Crippen LogP contribution < -0.4 is 11.1 Å². The van der Waals surface area contributed by atoms with Crippen molar-refractivity contribution in [2.45, 2.75) is 0 Å². The van der Waals surface area contributed by atoms with Crippen molar-refractivity contribution >= 4 is 11.6 Å². The molecular weight excluding hydrogens is 206 g/mol. The molecule has 0 unspecified atom stereocenters. The fourth-order valence-corrected chi connectivity index (χ4v) is 1.60. The summed E-state index contributed by atoms with van der Waals surface area (Å²) >= 11 is 0. The van der Waals surface area contributed by atoms with Gasteiger partial charge in [0.25, 0.3) is 0 Å². The van der Waals surface area contributed by atoms with Crippen molar-refractivity contribution in [2.24, 2.45) is 0 Å². The number of anilines is 2. The number of hydrogen-bond donors (Lipinski definition) is 2. The lowest BCUT2D eigenvalue weighted by Crippen LogP contribution is -2.39. The van der Waals surface area contributed by atoms with Crippen molar-refractivity contribution in [1.82, 2.24) is 15.1 Å². The second-order valence-corrected chi connectivity index (χ2v) is 3.72. The number of hydrogen-bond acceptors (Lipinski definition) is 6. The first-order valence-electron chi connectivity index (χ1n) is 5.48. The van der Waals surface area contributed by atoms with Crippen LogP contribution in [0, 0.1) is 0 Å². The van der Waals surface area contributed by atoms with E-state index in [1.807, 2.05) is 6.07 Å². The Morgan fingerprint density at radius 2 is 2.12 bits per heavy atom. The molecule has 0 spiro atoms. The van der Waals surface area contributed by atoms with Crippen molar-refractivity contribution < 1.29 is 4.74 Å². The fourth-order valence-electron chi connectivity index (χ4n) is 1.60. The van der Waals surface area contributed by atoms with Crippen LogP contribution in [-0.4, -0.2) is 54.5 Å². The highest BCUT2D eigenvalue weighted by atomic mass is 16.5. The number of ether oxygens (including phenoxy) is 1. The van der Waals surface area contributed by atoms with Crippen molar-refractivity contribution in [3.05, 3.63) is 12.1 Å². The van der Waals surface area contributed by atoms with Crippen LogP contribution in [0.5, 0.6) is 0 Å². The molecule has 88 valence electrons. The van der Waals surface area contributed by atoms with E-state index in [4.69, 9.17) is 10.5 Å². The maximum Gasteiger partial charge on any atom is 0.148 e. The smallest absolute Gasteiger partial charge is 0.148 e. The number of aromatic nitrogens is 2. The van der Waals surface area contributed by atoms with Gasteiger partial charge in [0.15, 0.2) is 0 Å². The third kappa shape index (κ3) is 3.32. The Morgan fingerprint density at radius 3 is 2.81 bits per heavy atom. The molecule has 0 aromatic carbocycles. The van der Waals surface area contributed by atoms with Gasteiger partial charge in [0.05, 0.1) is 13.2 Å². The number of nitrogens with zero attached hydrogens (tertiary/aromatic N) is 3. The molecule has 3 N–H and O–H groups in total. The van der Waals surface area contributed by atoms with E-state index in [0.29, 0.717) is 5.82 Å². The standard InChI is InChI=1S/C10H17N5O/c11-9-1-2-10(14-13-9)12-3-4-15-5-7-16-8-6-15/h1-2H,3-8H2,(H2,11,13)(H,12,14). The predicted molar refractivity (Wildman–Crippen MR) is 62.2 cm³/mol. The molecule has 2 heterocycles. The maximum atomic E-state index is 5.45. The van der Waals surface area contributed by atoms with Crippen molar-refractivity contribution in [1.29, 1.82) is 0 Å². The minimum atomic E-state index is 0.443. The predicted octanol–water partition coefficient (Wildman–Crippen LogP) is -0.197. The summed E-state index contributed by atoms with van der Waals surface area (Å²) in [4.78, 5) is 2.36. The summed E-state index contributed by atoms with van der Waals surface area (Å²) in [6.45, 7) is 5.54. The van der Waals surface area contributed by atoms with Crippen LogP contribution in [0.1, 0.15) is 0 Å². The van der Waals surface area contributed by atoms with Crippen molar-refractivity contribution in [3.63, 3.8) is 0 Å².